The highest BCUT2D eigenvalue weighted by atomic mass is 16.4. The Morgan fingerprint density at radius 2 is 1.82 bits per heavy atom. The maximum atomic E-state index is 10.3. The second-order valence-corrected chi connectivity index (χ2v) is 6.76. The quantitative estimate of drug-likeness (QED) is 0.742. The average molecular weight is 239 g/mol. The lowest BCUT2D eigenvalue weighted by Gasteiger charge is -2.45. The minimum atomic E-state index is -0.879. The molecule has 0 aromatic heterocycles. The van der Waals surface area contributed by atoms with E-state index in [-0.39, 0.29) is 0 Å². The SMILES string of the molecule is CC1(C)CC(NC/C=C/C(=O)O)CC(C)(C)C1. The van der Waals surface area contributed by atoms with E-state index in [1.54, 1.807) is 6.08 Å². The molecule has 0 aromatic rings. The molecule has 0 amide bonds. The number of rotatable bonds is 4. The lowest BCUT2D eigenvalue weighted by molar-refractivity contribution is -0.131. The zero-order chi connectivity index (χ0) is 13.1. The van der Waals surface area contributed by atoms with E-state index in [1.165, 1.54) is 12.5 Å². The zero-order valence-corrected chi connectivity index (χ0v) is 11.4. The summed E-state index contributed by atoms with van der Waals surface area (Å²) in [4.78, 5) is 10.3. The Bertz CT molecular complexity index is 289. The van der Waals surface area contributed by atoms with Gasteiger partial charge in [-0.1, -0.05) is 33.8 Å². The first-order chi connectivity index (χ1) is 7.70. The van der Waals surface area contributed by atoms with Gasteiger partial charge in [0.15, 0.2) is 0 Å². The smallest absolute Gasteiger partial charge is 0.328 e. The number of carbonyl (C=O) groups is 1. The van der Waals surface area contributed by atoms with E-state index in [4.69, 9.17) is 5.11 Å². The molecule has 0 unspecified atom stereocenters. The van der Waals surface area contributed by atoms with Crippen LogP contribution in [0.15, 0.2) is 12.2 Å². The van der Waals surface area contributed by atoms with Crippen LogP contribution in [0.4, 0.5) is 0 Å². The molecule has 1 rings (SSSR count). The van der Waals surface area contributed by atoms with Gasteiger partial charge in [-0.05, 0) is 30.1 Å². The third kappa shape index (κ3) is 5.35. The Labute approximate surface area is 104 Å². The third-order valence-corrected chi connectivity index (χ3v) is 3.34. The number of hydrogen-bond donors (Lipinski definition) is 2. The molecule has 0 radical (unpaired) electrons. The Morgan fingerprint density at radius 1 is 1.29 bits per heavy atom. The summed E-state index contributed by atoms with van der Waals surface area (Å²) in [7, 11) is 0. The van der Waals surface area contributed by atoms with Crippen molar-refractivity contribution < 1.29 is 9.90 Å². The van der Waals surface area contributed by atoms with Crippen LogP contribution in [0, 0.1) is 10.8 Å². The maximum absolute atomic E-state index is 10.3. The van der Waals surface area contributed by atoms with Gasteiger partial charge in [0, 0.05) is 18.7 Å². The van der Waals surface area contributed by atoms with E-state index in [1.807, 2.05) is 0 Å². The summed E-state index contributed by atoms with van der Waals surface area (Å²) in [5, 5.41) is 11.9. The van der Waals surface area contributed by atoms with Crippen molar-refractivity contribution in [3.05, 3.63) is 12.2 Å². The van der Waals surface area contributed by atoms with Crippen molar-refractivity contribution >= 4 is 5.97 Å². The van der Waals surface area contributed by atoms with E-state index in [2.05, 4.69) is 33.0 Å². The van der Waals surface area contributed by atoms with Gasteiger partial charge in [0.05, 0.1) is 0 Å². The summed E-state index contributed by atoms with van der Waals surface area (Å²) in [6.45, 7) is 9.90. The fraction of sp³-hybridized carbons (Fsp3) is 0.786. The number of nitrogens with one attached hydrogen (secondary N) is 1. The first-order valence-corrected chi connectivity index (χ1v) is 6.33. The Morgan fingerprint density at radius 3 is 2.29 bits per heavy atom. The van der Waals surface area contributed by atoms with Crippen molar-refractivity contribution in [2.75, 3.05) is 6.54 Å². The minimum Gasteiger partial charge on any atom is -0.478 e. The molecule has 0 spiro atoms. The van der Waals surface area contributed by atoms with Crippen LogP contribution in [-0.4, -0.2) is 23.7 Å². The van der Waals surface area contributed by atoms with Crippen LogP contribution in [0.1, 0.15) is 47.0 Å². The fourth-order valence-corrected chi connectivity index (χ4v) is 3.38. The van der Waals surface area contributed by atoms with Gasteiger partial charge in [-0.3, -0.25) is 0 Å². The van der Waals surface area contributed by atoms with Crippen molar-refractivity contribution in [2.45, 2.75) is 53.0 Å². The molecule has 3 heteroatoms. The highest BCUT2D eigenvalue weighted by Crippen LogP contribution is 2.45. The normalized spacial score (nSPS) is 24.0. The summed E-state index contributed by atoms with van der Waals surface area (Å²) in [6, 6.07) is 0.493. The van der Waals surface area contributed by atoms with Crippen molar-refractivity contribution in [3.8, 4) is 0 Å². The van der Waals surface area contributed by atoms with Crippen LogP contribution >= 0.6 is 0 Å². The maximum Gasteiger partial charge on any atom is 0.328 e. The van der Waals surface area contributed by atoms with E-state index >= 15 is 0 Å². The monoisotopic (exact) mass is 239 g/mol. The molecular formula is C14H25NO2. The highest BCUT2D eigenvalue weighted by Gasteiger charge is 2.37. The van der Waals surface area contributed by atoms with Crippen LogP contribution in [0.2, 0.25) is 0 Å². The van der Waals surface area contributed by atoms with Crippen LogP contribution in [0.25, 0.3) is 0 Å². The molecule has 98 valence electrons. The first kappa shape index (κ1) is 14.2. The molecule has 0 heterocycles. The predicted octanol–water partition coefficient (Wildman–Crippen LogP) is 2.82. The van der Waals surface area contributed by atoms with Crippen molar-refractivity contribution in [1.29, 1.82) is 0 Å². The third-order valence-electron chi connectivity index (χ3n) is 3.34. The van der Waals surface area contributed by atoms with Gasteiger partial charge in [0.1, 0.15) is 0 Å². The summed E-state index contributed by atoms with van der Waals surface area (Å²) >= 11 is 0. The Kier molecular flexibility index (Phi) is 4.36. The topological polar surface area (TPSA) is 49.3 Å². The van der Waals surface area contributed by atoms with Gasteiger partial charge in [-0.25, -0.2) is 4.79 Å². The predicted molar refractivity (Wildman–Crippen MR) is 70.0 cm³/mol. The van der Waals surface area contributed by atoms with Gasteiger partial charge < -0.3 is 10.4 Å². The molecule has 0 aromatic carbocycles. The van der Waals surface area contributed by atoms with Gasteiger partial charge in [0.2, 0.25) is 0 Å². The molecule has 1 fully saturated rings. The number of carboxylic acid groups (broad SMARTS) is 1. The summed E-state index contributed by atoms with van der Waals surface area (Å²) in [6.07, 6.45) is 6.46. The average Bonchev–Trinajstić information content (AvgIpc) is 2.06. The number of carboxylic acids is 1. The van der Waals surface area contributed by atoms with E-state index < -0.39 is 5.97 Å². The molecular weight excluding hydrogens is 214 g/mol. The van der Waals surface area contributed by atoms with Crippen LogP contribution in [0.5, 0.6) is 0 Å². The van der Waals surface area contributed by atoms with Gasteiger partial charge in [-0.2, -0.15) is 0 Å². The molecule has 1 aliphatic rings. The van der Waals surface area contributed by atoms with Gasteiger partial charge in [0.25, 0.3) is 0 Å². The minimum absolute atomic E-state index is 0.371. The summed E-state index contributed by atoms with van der Waals surface area (Å²) < 4.78 is 0. The molecule has 0 atom stereocenters. The van der Waals surface area contributed by atoms with Crippen molar-refractivity contribution in [1.82, 2.24) is 5.32 Å². The second-order valence-electron chi connectivity index (χ2n) is 6.76. The standard InChI is InChI=1S/C14H25NO2/c1-13(2)8-11(9-14(3,4)10-13)15-7-5-6-12(16)17/h5-6,11,15H,7-10H2,1-4H3,(H,16,17)/b6-5+. The fourth-order valence-electron chi connectivity index (χ4n) is 3.38. The van der Waals surface area contributed by atoms with Crippen molar-refractivity contribution in [2.24, 2.45) is 10.8 Å². The molecule has 0 saturated heterocycles. The van der Waals surface area contributed by atoms with Crippen molar-refractivity contribution in [3.63, 3.8) is 0 Å². The molecule has 17 heavy (non-hydrogen) atoms. The number of aliphatic carboxylic acids is 1. The zero-order valence-electron chi connectivity index (χ0n) is 11.4. The van der Waals surface area contributed by atoms with Crippen LogP contribution < -0.4 is 5.32 Å². The highest BCUT2D eigenvalue weighted by molar-refractivity contribution is 5.79. The summed E-state index contributed by atoms with van der Waals surface area (Å²) in [5.41, 5.74) is 0.742. The summed E-state index contributed by atoms with van der Waals surface area (Å²) in [5.74, 6) is -0.879. The largest absolute Gasteiger partial charge is 0.478 e. The Balaban J connectivity index is 2.46. The molecule has 1 aliphatic carbocycles. The van der Waals surface area contributed by atoms with E-state index in [0.29, 0.717) is 23.4 Å². The molecule has 1 saturated carbocycles. The lowest BCUT2D eigenvalue weighted by atomic mass is 9.63. The van der Waals surface area contributed by atoms with Gasteiger partial charge >= 0.3 is 5.97 Å². The molecule has 0 bridgehead atoms. The Hall–Kier alpha value is -0.830. The van der Waals surface area contributed by atoms with Crippen LogP contribution in [-0.2, 0) is 4.79 Å². The number of hydrogen-bond acceptors (Lipinski definition) is 2. The van der Waals surface area contributed by atoms with E-state index in [0.717, 1.165) is 12.8 Å². The molecule has 2 N–H and O–H groups in total. The van der Waals surface area contributed by atoms with Gasteiger partial charge in [-0.15, -0.1) is 0 Å². The lowest BCUT2D eigenvalue weighted by Crippen LogP contribution is -2.43. The first-order valence-electron chi connectivity index (χ1n) is 6.33. The van der Waals surface area contributed by atoms with Crippen LogP contribution in [0.3, 0.4) is 0 Å². The molecule has 3 nitrogen and oxygen atoms in total. The van der Waals surface area contributed by atoms with E-state index in [9.17, 15) is 4.79 Å². The molecule has 0 aliphatic heterocycles. The second kappa shape index (κ2) is 5.21.